The number of nitriles is 1. The number of likely N-dealkylation sites (tertiary alicyclic amines) is 1. The summed E-state index contributed by atoms with van der Waals surface area (Å²) in [6.07, 6.45) is 2.15. The van der Waals surface area contributed by atoms with Gasteiger partial charge in [0, 0.05) is 19.6 Å². The Morgan fingerprint density at radius 3 is 2.29 bits per heavy atom. The highest BCUT2D eigenvalue weighted by atomic mass is 16.3. The number of rotatable bonds is 4. The third kappa shape index (κ3) is 3.00. The van der Waals surface area contributed by atoms with E-state index in [4.69, 9.17) is 0 Å². The SMILES string of the molecule is CCC(C)(C#N)C1(O)CCN(CC(C)C)CC1. The molecule has 1 fully saturated rings. The first-order chi connectivity index (χ1) is 7.87. The molecule has 0 radical (unpaired) electrons. The second-order valence-electron chi connectivity index (χ2n) is 6.02. The van der Waals surface area contributed by atoms with Gasteiger partial charge in [0.05, 0.1) is 17.1 Å². The Morgan fingerprint density at radius 2 is 1.94 bits per heavy atom. The molecule has 1 N–H and O–H groups in total. The van der Waals surface area contributed by atoms with Crippen molar-refractivity contribution in [1.29, 1.82) is 5.26 Å². The third-order valence-electron chi connectivity index (χ3n) is 4.29. The summed E-state index contributed by atoms with van der Waals surface area (Å²) in [4.78, 5) is 2.40. The van der Waals surface area contributed by atoms with Gasteiger partial charge in [-0.25, -0.2) is 0 Å². The first kappa shape index (κ1) is 14.5. The lowest BCUT2D eigenvalue weighted by Gasteiger charge is -2.46. The van der Waals surface area contributed by atoms with Crippen molar-refractivity contribution in [3.63, 3.8) is 0 Å². The molecule has 17 heavy (non-hydrogen) atoms. The Bertz CT molecular complexity index is 287. The predicted octanol–water partition coefficient (Wildman–Crippen LogP) is 2.41. The first-order valence-corrected chi connectivity index (χ1v) is 6.73. The Morgan fingerprint density at radius 1 is 1.41 bits per heavy atom. The molecule has 0 aromatic heterocycles. The molecular weight excluding hydrogens is 212 g/mol. The van der Waals surface area contributed by atoms with Crippen molar-refractivity contribution in [1.82, 2.24) is 4.90 Å². The third-order valence-corrected chi connectivity index (χ3v) is 4.29. The van der Waals surface area contributed by atoms with Crippen LogP contribution in [-0.4, -0.2) is 35.2 Å². The van der Waals surface area contributed by atoms with Gasteiger partial charge in [-0.2, -0.15) is 5.26 Å². The second-order valence-corrected chi connectivity index (χ2v) is 6.02. The summed E-state index contributed by atoms with van der Waals surface area (Å²) < 4.78 is 0. The molecule has 1 aliphatic heterocycles. The Balaban J connectivity index is 2.64. The molecule has 1 aliphatic rings. The van der Waals surface area contributed by atoms with E-state index in [1.807, 2.05) is 13.8 Å². The van der Waals surface area contributed by atoms with Crippen LogP contribution in [0.15, 0.2) is 0 Å². The van der Waals surface area contributed by atoms with Gasteiger partial charge in [-0.15, -0.1) is 0 Å². The van der Waals surface area contributed by atoms with Gasteiger partial charge in [-0.05, 0) is 32.1 Å². The van der Waals surface area contributed by atoms with Crippen LogP contribution in [0.3, 0.4) is 0 Å². The van der Waals surface area contributed by atoms with Crippen molar-refractivity contribution in [2.45, 2.75) is 52.6 Å². The maximum Gasteiger partial charge on any atom is 0.0854 e. The Kier molecular flexibility index (Phi) is 4.57. The van der Waals surface area contributed by atoms with Crippen LogP contribution >= 0.6 is 0 Å². The van der Waals surface area contributed by atoms with Gasteiger partial charge in [-0.1, -0.05) is 20.8 Å². The monoisotopic (exact) mass is 238 g/mol. The fourth-order valence-corrected chi connectivity index (χ4v) is 2.69. The van der Waals surface area contributed by atoms with Gasteiger partial charge >= 0.3 is 0 Å². The molecule has 3 heteroatoms. The number of aliphatic hydroxyl groups is 1. The van der Waals surface area contributed by atoms with Crippen molar-refractivity contribution in [3.8, 4) is 6.07 Å². The lowest BCUT2D eigenvalue weighted by molar-refractivity contribution is -0.0926. The summed E-state index contributed by atoms with van der Waals surface area (Å²) in [5.74, 6) is 0.662. The number of piperidine rings is 1. The van der Waals surface area contributed by atoms with E-state index in [0.717, 1.165) is 32.5 Å². The molecule has 0 aliphatic carbocycles. The fraction of sp³-hybridized carbons (Fsp3) is 0.929. The van der Waals surface area contributed by atoms with E-state index in [9.17, 15) is 10.4 Å². The standard InChI is InChI=1S/C14H26N2O/c1-5-13(4,11-15)14(17)6-8-16(9-7-14)10-12(2)3/h12,17H,5-10H2,1-4H3. The van der Waals surface area contributed by atoms with E-state index < -0.39 is 11.0 Å². The summed E-state index contributed by atoms with van der Waals surface area (Å²) in [5, 5.41) is 20.0. The molecule has 1 unspecified atom stereocenters. The van der Waals surface area contributed by atoms with E-state index in [1.54, 1.807) is 0 Å². The summed E-state index contributed by atoms with van der Waals surface area (Å²) in [6.45, 7) is 11.2. The topological polar surface area (TPSA) is 47.3 Å². The molecule has 1 atom stereocenters. The van der Waals surface area contributed by atoms with Crippen LogP contribution in [0.4, 0.5) is 0 Å². The molecule has 98 valence electrons. The average Bonchev–Trinajstić information content (AvgIpc) is 2.30. The van der Waals surface area contributed by atoms with Crippen LogP contribution in [0.25, 0.3) is 0 Å². The van der Waals surface area contributed by atoms with Gasteiger partial charge in [0.2, 0.25) is 0 Å². The summed E-state index contributed by atoms with van der Waals surface area (Å²) in [7, 11) is 0. The molecule has 1 saturated heterocycles. The molecule has 0 spiro atoms. The quantitative estimate of drug-likeness (QED) is 0.818. The van der Waals surface area contributed by atoms with E-state index >= 15 is 0 Å². The minimum absolute atomic E-state index is 0.600. The lowest BCUT2D eigenvalue weighted by atomic mass is 9.67. The summed E-state index contributed by atoms with van der Waals surface area (Å²) >= 11 is 0. The molecular formula is C14H26N2O. The van der Waals surface area contributed by atoms with Crippen LogP contribution in [0.1, 0.15) is 47.0 Å². The molecule has 0 amide bonds. The van der Waals surface area contributed by atoms with Crippen LogP contribution in [0.2, 0.25) is 0 Å². The van der Waals surface area contributed by atoms with Crippen LogP contribution in [0, 0.1) is 22.7 Å². The molecule has 1 rings (SSSR count). The van der Waals surface area contributed by atoms with Gasteiger partial charge in [0.1, 0.15) is 0 Å². The lowest BCUT2D eigenvalue weighted by Crippen LogP contribution is -2.53. The number of nitrogens with zero attached hydrogens (tertiary/aromatic N) is 2. The zero-order valence-electron chi connectivity index (χ0n) is 11.7. The van der Waals surface area contributed by atoms with Gasteiger partial charge in [-0.3, -0.25) is 0 Å². The molecule has 0 saturated carbocycles. The highest BCUT2D eigenvalue weighted by molar-refractivity contribution is 5.10. The van der Waals surface area contributed by atoms with Gasteiger partial charge in [0.15, 0.2) is 0 Å². The largest absolute Gasteiger partial charge is 0.388 e. The number of hydrogen-bond donors (Lipinski definition) is 1. The van der Waals surface area contributed by atoms with Crippen LogP contribution < -0.4 is 0 Å². The maximum atomic E-state index is 10.7. The van der Waals surface area contributed by atoms with E-state index in [2.05, 4.69) is 24.8 Å². The molecule has 1 heterocycles. The minimum atomic E-state index is -0.802. The molecule has 3 nitrogen and oxygen atoms in total. The maximum absolute atomic E-state index is 10.7. The van der Waals surface area contributed by atoms with E-state index in [-0.39, 0.29) is 0 Å². The average molecular weight is 238 g/mol. The zero-order valence-corrected chi connectivity index (χ0v) is 11.7. The summed E-state index contributed by atoms with van der Waals surface area (Å²) in [5.41, 5.74) is -1.40. The highest BCUT2D eigenvalue weighted by Crippen LogP contribution is 2.41. The molecule has 0 bridgehead atoms. The van der Waals surface area contributed by atoms with Crippen molar-refractivity contribution in [2.24, 2.45) is 11.3 Å². The van der Waals surface area contributed by atoms with Crippen molar-refractivity contribution in [2.75, 3.05) is 19.6 Å². The smallest absolute Gasteiger partial charge is 0.0854 e. The first-order valence-electron chi connectivity index (χ1n) is 6.73. The van der Waals surface area contributed by atoms with E-state index in [0.29, 0.717) is 12.3 Å². The molecule has 0 aromatic carbocycles. The van der Waals surface area contributed by atoms with E-state index in [1.165, 1.54) is 0 Å². The second kappa shape index (κ2) is 5.37. The van der Waals surface area contributed by atoms with Gasteiger partial charge < -0.3 is 10.0 Å². The molecule has 0 aromatic rings. The Labute approximate surface area is 105 Å². The highest BCUT2D eigenvalue weighted by Gasteiger charge is 2.47. The normalized spacial score (nSPS) is 24.3. The minimum Gasteiger partial charge on any atom is -0.388 e. The van der Waals surface area contributed by atoms with Gasteiger partial charge in [0.25, 0.3) is 0 Å². The Hall–Kier alpha value is -0.590. The summed E-state index contributed by atoms with van der Waals surface area (Å²) in [6, 6.07) is 2.33. The number of hydrogen-bond acceptors (Lipinski definition) is 3. The fourth-order valence-electron chi connectivity index (χ4n) is 2.69. The predicted molar refractivity (Wildman–Crippen MR) is 69.5 cm³/mol. The van der Waals surface area contributed by atoms with Crippen molar-refractivity contribution >= 4 is 0 Å². The zero-order chi connectivity index (χ0) is 13.1. The van der Waals surface area contributed by atoms with Crippen molar-refractivity contribution in [3.05, 3.63) is 0 Å². The van der Waals surface area contributed by atoms with Crippen LogP contribution in [0.5, 0.6) is 0 Å². The van der Waals surface area contributed by atoms with Crippen LogP contribution in [-0.2, 0) is 0 Å². The van der Waals surface area contributed by atoms with Crippen molar-refractivity contribution < 1.29 is 5.11 Å².